The highest BCUT2D eigenvalue weighted by atomic mass is 16.4. The van der Waals surface area contributed by atoms with Gasteiger partial charge in [-0.1, -0.05) is 26.2 Å². The standard InChI is InChI=1S/C14H25N3O4/c1-2-9-4-3-5-10(8-9)16-14(21)17-11(13(19)20)6-7-12(15)18/h9-11H,2-8H2,1H3,(H2,15,18)(H,19,20)(H2,16,17,21)/t9?,10?,11-/m1/s1. The van der Waals surface area contributed by atoms with E-state index in [-0.39, 0.29) is 18.9 Å². The minimum Gasteiger partial charge on any atom is -0.480 e. The van der Waals surface area contributed by atoms with Gasteiger partial charge >= 0.3 is 12.0 Å². The van der Waals surface area contributed by atoms with Crippen LogP contribution in [-0.4, -0.2) is 35.1 Å². The highest BCUT2D eigenvalue weighted by Crippen LogP contribution is 2.26. The summed E-state index contributed by atoms with van der Waals surface area (Å²) in [6, 6.07) is -1.49. The molecule has 1 aliphatic carbocycles. The van der Waals surface area contributed by atoms with Crippen LogP contribution in [0.4, 0.5) is 4.79 Å². The fourth-order valence-electron chi connectivity index (χ4n) is 2.72. The van der Waals surface area contributed by atoms with E-state index in [9.17, 15) is 14.4 Å². The second-order valence-corrected chi connectivity index (χ2v) is 5.65. The summed E-state index contributed by atoms with van der Waals surface area (Å²) in [5, 5.41) is 14.2. The second kappa shape index (κ2) is 8.49. The highest BCUT2D eigenvalue weighted by Gasteiger charge is 2.25. The summed E-state index contributed by atoms with van der Waals surface area (Å²) >= 11 is 0. The van der Waals surface area contributed by atoms with Crippen molar-refractivity contribution in [2.24, 2.45) is 11.7 Å². The Morgan fingerprint density at radius 1 is 1.33 bits per heavy atom. The number of carbonyl (C=O) groups is 3. The molecular formula is C14H25N3O4. The van der Waals surface area contributed by atoms with E-state index in [1.807, 2.05) is 0 Å². The van der Waals surface area contributed by atoms with E-state index in [1.54, 1.807) is 0 Å². The molecule has 0 saturated heterocycles. The van der Waals surface area contributed by atoms with Crippen molar-refractivity contribution < 1.29 is 19.5 Å². The molecule has 0 aromatic rings. The third kappa shape index (κ3) is 6.46. The van der Waals surface area contributed by atoms with Crippen molar-refractivity contribution in [3.63, 3.8) is 0 Å². The van der Waals surface area contributed by atoms with Gasteiger partial charge in [-0.05, 0) is 25.2 Å². The third-order valence-electron chi connectivity index (χ3n) is 3.98. The van der Waals surface area contributed by atoms with Crippen molar-refractivity contribution in [2.45, 2.75) is 64.0 Å². The first-order valence-corrected chi connectivity index (χ1v) is 7.50. The molecule has 2 unspecified atom stereocenters. The molecule has 5 N–H and O–H groups in total. The Balaban J connectivity index is 2.42. The number of aliphatic carboxylic acids is 1. The van der Waals surface area contributed by atoms with Crippen molar-refractivity contribution in [2.75, 3.05) is 0 Å². The monoisotopic (exact) mass is 299 g/mol. The van der Waals surface area contributed by atoms with Gasteiger partial charge in [-0.25, -0.2) is 9.59 Å². The van der Waals surface area contributed by atoms with Gasteiger partial charge in [-0.3, -0.25) is 4.79 Å². The van der Waals surface area contributed by atoms with E-state index < -0.39 is 23.9 Å². The highest BCUT2D eigenvalue weighted by molar-refractivity contribution is 5.83. The summed E-state index contributed by atoms with van der Waals surface area (Å²) in [5.41, 5.74) is 4.99. The normalized spacial score (nSPS) is 23.1. The molecule has 0 aromatic heterocycles. The molecule has 3 atom stereocenters. The number of carboxylic acids is 1. The molecule has 0 bridgehead atoms. The Hall–Kier alpha value is -1.79. The van der Waals surface area contributed by atoms with Crippen LogP contribution in [0.15, 0.2) is 0 Å². The Kier molecular flexibility index (Phi) is 6.98. The maximum Gasteiger partial charge on any atom is 0.326 e. The molecule has 7 heteroatoms. The molecule has 7 nitrogen and oxygen atoms in total. The van der Waals surface area contributed by atoms with Crippen molar-refractivity contribution in [3.8, 4) is 0 Å². The fourth-order valence-corrected chi connectivity index (χ4v) is 2.72. The maximum atomic E-state index is 11.9. The number of carbonyl (C=O) groups excluding carboxylic acids is 2. The first kappa shape index (κ1) is 17.3. The smallest absolute Gasteiger partial charge is 0.326 e. The van der Waals surface area contributed by atoms with Gasteiger partial charge in [0.25, 0.3) is 0 Å². The van der Waals surface area contributed by atoms with Crippen LogP contribution in [0.5, 0.6) is 0 Å². The molecule has 1 aliphatic rings. The van der Waals surface area contributed by atoms with Crippen molar-refractivity contribution in [3.05, 3.63) is 0 Å². The molecule has 3 amide bonds. The number of carboxylic acid groups (broad SMARTS) is 1. The molecule has 120 valence electrons. The largest absolute Gasteiger partial charge is 0.480 e. The summed E-state index contributed by atoms with van der Waals surface area (Å²) in [7, 11) is 0. The van der Waals surface area contributed by atoms with E-state index >= 15 is 0 Å². The third-order valence-corrected chi connectivity index (χ3v) is 3.98. The zero-order valence-electron chi connectivity index (χ0n) is 12.4. The molecule has 0 aliphatic heterocycles. The van der Waals surface area contributed by atoms with Crippen LogP contribution in [0.1, 0.15) is 51.9 Å². The summed E-state index contributed by atoms with van der Waals surface area (Å²) in [6.45, 7) is 2.14. The summed E-state index contributed by atoms with van der Waals surface area (Å²) in [4.78, 5) is 33.6. The number of nitrogens with one attached hydrogen (secondary N) is 2. The summed E-state index contributed by atoms with van der Waals surface area (Å²) < 4.78 is 0. The predicted molar refractivity (Wildman–Crippen MR) is 77.6 cm³/mol. The SMILES string of the molecule is CCC1CCCC(NC(=O)N[C@H](CCC(N)=O)C(=O)O)C1. The number of rotatable bonds is 7. The van der Waals surface area contributed by atoms with Gasteiger partial charge in [0.1, 0.15) is 6.04 Å². The van der Waals surface area contributed by atoms with E-state index in [1.165, 1.54) is 6.42 Å². The number of hydrogen-bond acceptors (Lipinski definition) is 3. The van der Waals surface area contributed by atoms with Gasteiger partial charge in [0.2, 0.25) is 5.91 Å². The molecule has 1 rings (SSSR count). The molecule has 0 aromatic carbocycles. The Bertz CT molecular complexity index is 386. The lowest BCUT2D eigenvalue weighted by Crippen LogP contribution is -2.50. The minimum absolute atomic E-state index is 0.000336. The molecule has 1 saturated carbocycles. The van der Waals surface area contributed by atoms with Crippen LogP contribution in [0.25, 0.3) is 0 Å². The van der Waals surface area contributed by atoms with E-state index in [0.717, 1.165) is 25.7 Å². The van der Waals surface area contributed by atoms with Crippen LogP contribution in [0, 0.1) is 5.92 Å². The lowest BCUT2D eigenvalue weighted by atomic mass is 9.84. The lowest BCUT2D eigenvalue weighted by Gasteiger charge is -2.29. The van der Waals surface area contributed by atoms with Gasteiger partial charge < -0.3 is 21.5 Å². The quantitative estimate of drug-likeness (QED) is 0.559. The zero-order chi connectivity index (χ0) is 15.8. The lowest BCUT2D eigenvalue weighted by molar-refractivity contribution is -0.139. The van der Waals surface area contributed by atoms with Crippen LogP contribution >= 0.6 is 0 Å². The van der Waals surface area contributed by atoms with Gasteiger partial charge in [0.15, 0.2) is 0 Å². The fraction of sp³-hybridized carbons (Fsp3) is 0.786. The Morgan fingerprint density at radius 3 is 2.62 bits per heavy atom. The van der Waals surface area contributed by atoms with Gasteiger partial charge in [-0.2, -0.15) is 0 Å². The van der Waals surface area contributed by atoms with E-state index in [2.05, 4.69) is 17.6 Å². The molecule has 1 fully saturated rings. The van der Waals surface area contributed by atoms with E-state index in [4.69, 9.17) is 10.8 Å². The maximum absolute atomic E-state index is 11.9. The first-order valence-electron chi connectivity index (χ1n) is 7.50. The van der Waals surface area contributed by atoms with Crippen molar-refractivity contribution in [1.29, 1.82) is 0 Å². The van der Waals surface area contributed by atoms with Gasteiger partial charge in [0, 0.05) is 12.5 Å². The average Bonchev–Trinajstić information content (AvgIpc) is 2.43. The number of urea groups is 1. The summed E-state index contributed by atoms with van der Waals surface area (Å²) in [5.74, 6) is -1.13. The number of amides is 3. The van der Waals surface area contributed by atoms with Crippen LogP contribution in [0.3, 0.4) is 0 Å². The topological polar surface area (TPSA) is 122 Å². The summed E-state index contributed by atoms with van der Waals surface area (Å²) in [6.07, 6.45) is 5.14. The molecule has 0 heterocycles. The van der Waals surface area contributed by atoms with Crippen molar-refractivity contribution in [1.82, 2.24) is 10.6 Å². The number of primary amides is 1. The average molecular weight is 299 g/mol. The molecule has 0 spiro atoms. The molecule has 0 radical (unpaired) electrons. The Morgan fingerprint density at radius 2 is 2.05 bits per heavy atom. The zero-order valence-corrected chi connectivity index (χ0v) is 12.4. The Labute approximate surface area is 124 Å². The first-order chi connectivity index (χ1) is 9.92. The van der Waals surface area contributed by atoms with Crippen molar-refractivity contribution >= 4 is 17.9 Å². The predicted octanol–water partition coefficient (Wildman–Crippen LogP) is 0.973. The van der Waals surface area contributed by atoms with Gasteiger partial charge in [0.05, 0.1) is 0 Å². The number of hydrogen-bond donors (Lipinski definition) is 4. The number of nitrogens with two attached hydrogens (primary N) is 1. The van der Waals surface area contributed by atoms with Crippen LogP contribution in [0.2, 0.25) is 0 Å². The van der Waals surface area contributed by atoms with Gasteiger partial charge in [-0.15, -0.1) is 0 Å². The van der Waals surface area contributed by atoms with Crippen LogP contribution < -0.4 is 16.4 Å². The second-order valence-electron chi connectivity index (χ2n) is 5.65. The van der Waals surface area contributed by atoms with Crippen LogP contribution in [-0.2, 0) is 9.59 Å². The minimum atomic E-state index is -1.17. The van der Waals surface area contributed by atoms with E-state index in [0.29, 0.717) is 5.92 Å². The molecule has 21 heavy (non-hydrogen) atoms. The molecular weight excluding hydrogens is 274 g/mol.